The molecule has 1 aromatic rings. The molecule has 1 saturated heterocycles. The van der Waals surface area contributed by atoms with Crippen molar-refractivity contribution >= 4 is 28.9 Å². The minimum atomic E-state index is -1.52. The van der Waals surface area contributed by atoms with E-state index in [1.54, 1.807) is 0 Å². The molecule has 0 spiro atoms. The van der Waals surface area contributed by atoms with Gasteiger partial charge < -0.3 is 5.21 Å². The van der Waals surface area contributed by atoms with E-state index in [2.05, 4.69) is 43.3 Å². The average molecular weight is 267 g/mol. The quantitative estimate of drug-likeness (QED) is 0.482. The predicted octanol–water partition coefficient (Wildman–Crippen LogP) is 3.05. The Morgan fingerprint density at radius 1 is 1.29 bits per heavy atom. The highest BCUT2D eigenvalue weighted by Crippen LogP contribution is 2.55. The van der Waals surface area contributed by atoms with Crippen molar-refractivity contribution in [1.29, 1.82) is 0 Å². The Bertz CT molecular complexity index is 472. The van der Waals surface area contributed by atoms with E-state index in [0.29, 0.717) is 11.6 Å². The number of nitrogens with zero attached hydrogens (tertiary/aromatic N) is 1. The van der Waals surface area contributed by atoms with Crippen LogP contribution in [0.5, 0.6) is 0 Å². The molecule has 1 fully saturated rings. The Hall–Kier alpha value is -0.660. The van der Waals surface area contributed by atoms with Crippen LogP contribution in [0.4, 0.5) is 0 Å². The van der Waals surface area contributed by atoms with Crippen LogP contribution in [0.1, 0.15) is 20.3 Å². The van der Waals surface area contributed by atoms with Crippen LogP contribution >= 0.6 is 6.04 Å². The standard InChI is InChI=1S/C13H18NOPS/c1-10-9-16(17,11(2)8-13(10)14-15)12-6-4-3-5-7-12/h3-7,10-11,15H,8-9H2,1-2H3/b14-13-/t10-,11+,16+/m1/s1. The molecule has 4 heteroatoms. The first-order chi connectivity index (χ1) is 8.08. The summed E-state index contributed by atoms with van der Waals surface area (Å²) in [4.78, 5) is 0. The summed E-state index contributed by atoms with van der Waals surface area (Å²) in [5, 5.41) is 13.7. The maximum atomic E-state index is 8.99. The van der Waals surface area contributed by atoms with Crippen molar-refractivity contribution in [1.82, 2.24) is 0 Å². The number of benzene rings is 1. The Morgan fingerprint density at radius 2 is 1.94 bits per heavy atom. The monoisotopic (exact) mass is 267 g/mol. The highest BCUT2D eigenvalue weighted by molar-refractivity contribution is 8.18. The third kappa shape index (κ3) is 2.31. The summed E-state index contributed by atoms with van der Waals surface area (Å²) in [5.41, 5.74) is 1.34. The zero-order valence-corrected chi connectivity index (χ0v) is 11.9. The SMILES string of the molecule is C[C@@H]1C[P@@](=S)(c2ccccc2)[C@@H](C)C/C1=N/O. The van der Waals surface area contributed by atoms with Crippen LogP contribution in [-0.4, -0.2) is 22.7 Å². The summed E-state index contributed by atoms with van der Waals surface area (Å²) < 4.78 is 0. The normalized spacial score (nSPS) is 36.0. The molecular formula is C13H18NOPS. The molecular weight excluding hydrogens is 249 g/mol. The van der Waals surface area contributed by atoms with Gasteiger partial charge >= 0.3 is 0 Å². The number of hydrogen-bond donors (Lipinski definition) is 1. The van der Waals surface area contributed by atoms with Crippen molar-refractivity contribution in [3.63, 3.8) is 0 Å². The fourth-order valence-electron chi connectivity index (χ4n) is 2.52. The van der Waals surface area contributed by atoms with Crippen LogP contribution in [0.3, 0.4) is 0 Å². The molecule has 1 N–H and O–H groups in total. The zero-order chi connectivity index (χ0) is 12.5. The Morgan fingerprint density at radius 3 is 2.53 bits per heavy atom. The molecule has 0 bridgehead atoms. The smallest absolute Gasteiger partial charge is 0.0609 e. The van der Waals surface area contributed by atoms with E-state index >= 15 is 0 Å². The van der Waals surface area contributed by atoms with Gasteiger partial charge in [-0.25, -0.2) is 0 Å². The summed E-state index contributed by atoms with van der Waals surface area (Å²) in [5.74, 6) is 0.308. The van der Waals surface area contributed by atoms with Gasteiger partial charge in [-0.1, -0.05) is 61.1 Å². The molecule has 2 nitrogen and oxygen atoms in total. The third-order valence-electron chi connectivity index (χ3n) is 3.65. The van der Waals surface area contributed by atoms with E-state index in [0.717, 1.165) is 18.3 Å². The summed E-state index contributed by atoms with van der Waals surface area (Å²) in [6, 6.07) is 8.96. The topological polar surface area (TPSA) is 32.6 Å². The van der Waals surface area contributed by atoms with Gasteiger partial charge in [-0.15, -0.1) is 0 Å². The zero-order valence-electron chi connectivity index (χ0n) is 10.2. The molecule has 2 rings (SSSR count). The third-order valence-corrected chi connectivity index (χ3v) is 9.68. The predicted molar refractivity (Wildman–Crippen MR) is 77.7 cm³/mol. The maximum Gasteiger partial charge on any atom is 0.0609 e. The largest absolute Gasteiger partial charge is 0.411 e. The van der Waals surface area contributed by atoms with E-state index < -0.39 is 6.04 Å². The summed E-state index contributed by atoms with van der Waals surface area (Å²) in [6.07, 6.45) is 1.82. The van der Waals surface area contributed by atoms with Crippen molar-refractivity contribution in [2.45, 2.75) is 25.9 Å². The molecule has 17 heavy (non-hydrogen) atoms. The first-order valence-electron chi connectivity index (χ1n) is 5.93. The van der Waals surface area contributed by atoms with Crippen molar-refractivity contribution < 1.29 is 5.21 Å². The van der Waals surface area contributed by atoms with Crippen molar-refractivity contribution in [3.05, 3.63) is 30.3 Å². The minimum absolute atomic E-state index is 0.308. The first kappa shape index (κ1) is 12.8. The lowest BCUT2D eigenvalue weighted by Crippen LogP contribution is -2.32. The molecule has 3 atom stereocenters. The maximum absolute atomic E-state index is 8.99. The van der Waals surface area contributed by atoms with Gasteiger partial charge in [0.05, 0.1) is 5.71 Å². The van der Waals surface area contributed by atoms with E-state index in [4.69, 9.17) is 17.0 Å². The van der Waals surface area contributed by atoms with E-state index in [-0.39, 0.29) is 0 Å². The second kappa shape index (κ2) is 4.91. The fraction of sp³-hybridized carbons (Fsp3) is 0.462. The van der Waals surface area contributed by atoms with Crippen molar-refractivity contribution in [2.24, 2.45) is 11.1 Å². The van der Waals surface area contributed by atoms with Gasteiger partial charge in [0.15, 0.2) is 0 Å². The number of oxime groups is 1. The Balaban J connectivity index is 2.37. The Labute approximate surface area is 108 Å². The highest BCUT2D eigenvalue weighted by Gasteiger charge is 2.36. The second-order valence-electron chi connectivity index (χ2n) is 4.86. The summed E-state index contributed by atoms with van der Waals surface area (Å²) >= 11 is 6.00. The second-order valence-corrected chi connectivity index (χ2v) is 10.2. The molecule has 0 radical (unpaired) electrons. The van der Waals surface area contributed by atoms with Crippen LogP contribution in [0, 0.1) is 5.92 Å². The van der Waals surface area contributed by atoms with Crippen molar-refractivity contribution in [2.75, 3.05) is 6.16 Å². The summed E-state index contributed by atoms with van der Waals surface area (Å²) in [6.45, 7) is 4.32. The lowest BCUT2D eigenvalue weighted by atomic mass is 10.0. The van der Waals surface area contributed by atoms with Crippen LogP contribution in [0.2, 0.25) is 0 Å². The van der Waals surface area contributed by atoms with E-state index in [1.165, 1.54) is 5.30 Å². The van der Waals surface area contributed by atoms with Gasteiger partial charge in [-0.3, -0.25) is 0 Å². The Kier molecular flexibility index (Phi) is 3.70. The number of rotatable bonds is 1. The minimum Gasteiger partial charge on any atom is -0.411 e. The molecule has 1 heterocycles. The molecule has 0 aliphatic carbocycles. The van der Waals surface area contributed by atoms with Gasteiger partial charge in [0.25, 0.3) is 0 Å². The molecule has 1 aromatic carbocycles. The first-order valence-corrected chi connectivity index (χ1v) is 8.98. The van der Waals surface area contributed by atoms with Crippen LogP contribution in [0.25, 0.3) is 0 Å². The van der Waals surface area contributed by atoms with Crippen LogP contribution in [-0.2, 0) is 11.8 Å². The molecule has 0 unspecified atom stereocenters. The lowest BCUT2D eigenvalue weighted by molar-refractivity contribution is 0.314. The lowest BCUT2D eigenvalue weighted by Gasteiger charge is -2.37. The molecule has 1 aliphatic rings. The number of hydrogen-bond acceptors (Lipinski definition) is 3. The fourth-order valence-corrected chi connectivity index (χ4v) is 7.05. The molecule has 0 saturated carbocycles. The van der Waals surface area contributed by atoms with Gasteiger partial charge in [-0.05, 0) is 29.6 Å². The van der Waals surface area contributed by atoms with Crippen molar-refractivity contribution in [3.8, 4) is 0 Å². The summed E-state index contributed by atoms with van der Waals surface area (Å²) in [7, 11) is 0. The van der Waals surface area contributed by atoms with Crippen LogP contribution < -0.4 is 5.30 Å². The molecule has 1 aliphatic heterocycles. The van der Waals surface area contributed by atoms with Gasteiger partial charge in [0.1, 0.15) is 0 Å². The van der Waals surface area contributed by atoms with E-state index in [9.17, 15) is 0 Å². The average Bonchev–Trinajstić information content (AvgIpc) is 2.35. The molecule has 0 aromatic heterocycles. The van der Waals surface area contributed by atoms with Crippen LogP contribution in [0.15, 0.2) is 35.5 Å². The van der Waals surface area contributed by atoms with Gasteiger partial charge in [0.2, 0.25) is 0 Å². The van der Waals surface area contributed by atoms with Gasteiger partial charge in [0, 0.05) is 5.92 Å². The highest BCUT2D eigenvalue weighted by atomic mass is 32.4. The van der Waals surface area contributed by atoms with E-state index in [1.807, 2.05) is 6.07 Å². The molecule has 92 valence electrons. The molecule has 0 amide bonds. The van der Waals surface area contributed by atoms with Gasteiger partial charge in [-0.2, -0.15) is 0 Å².